The van der Waals surface area contributed by atoms with Crippen molar-refractivity contribution in [2.45, 2.75) is 19.4 Å². The van der Waals surface area contributed by atoms with Gasteiger partial charge in [0, 0.05) is 12.2 Å². The second-order valence-electron chi connectivity index (χ2n) is 6.70. The minimum absolute atomic E-state index is 0.00467. The summed E-state index contributed by atoms with van der Waals surface area (Å²) in [5, 5.41) is 5.56. The SMILES string of the molecule is C[C@@H](NC(=O)CN1CCc2ccccc21)c1ccc2ccccc2c1. The summed E-state index contributed by atoms with van der Waals surface area (Å²) in [6, 6.07) is 23.0. The van der Waals surface area contributed by atoms with E-state index >= 15 is 0 Å². The minimum atomic E-state index is -0.00467. The molecule has 3 nitrogen and oxygen atoms in total. The molecule has 0 unspecified atom stereocenters. The number of nitrogens with zero attached hydrogens (tertiary/aromatic N) is 1. The van der Waals surface area contributed by atoms with E-state index in [-0.39, 0.29) is 11.9 Å². The van der Waals surface area contributed by atoms with Gasteiger partial charge < -0.3 is 10.2 Å². The van der Waals surface area contributed by atoms with Crippen molar-refractivity contribution >= 4 is 22.4 Å². The Morgan fingerprint density at radius 2 is 1.80 bits per heavy atom. The molecule has 0 saturated carbocycles. The van der Waals surface area contributed by atoms with Crippen molar-refractivity contribution in [1.29, 1.82) is 0 Å². The van der Waals surface area contributed by atoms with Crippen LogP contribution in [0.2, 0.25) is 0 Å². The quantitative estimate of drug-likeness (QED) is 0.782. The van der Waals surface area contributed by atoms with Crippen molar-refractivity contribution in [3.8, 4) is 0 Å². The molecule has 1 amide bonds. The number of carbonyl (C=O) groups is 1. The van der Waals surface area contributed by atoms with Crippen molar-refractivity contribution in [3.63, 3.8) is 0 Å². The van der Waals surface area contributed by atoms with Gasteiger partial charge in [-0.25, -0.2) is 0 Å². The minimum Gasteiger partial charge on any atom is -0.362 e. The van der Waals surface area contributed by atoms with Gasteiger partial charge in [-0.15, -0.1) is 0 Å². The first kappa shape index (κ1) is 15.7. The van der Waals surface area contributed by atoms with Crippen LogP contribution in [0.4, 0.5) is 5.69 Å². The van der Waals surface area contributed by atoms with Crippen LogP contribution in [0.5, 0.6) is 0 Å². The fraction of sp³-hybridized carbons (Fsp3) is 0.227. The summed E-state index contributed by atoms with van der Waals surface area (Å²) in [5.74, 6) is 0.0670. The number of fused-ring (bicyclic) bond motifs is 2. The van der Waals surface area contributed by atoms with Crippen molar-refractivity contribution < 1.29 is 4.79 Å². The maximum atomic E-state index is 12.5. The van der Waals surface area contributed by atoms with E-state index in [2.05, 4.69) is 58.7 Å². The third kappa shape index (κ3) is 3.22. The largest absolute Gasteiger partial charge is 0.362 e. The average molecular weight is 330 g/mol. The Hall–Kier alpha value is -2.81. The van der Waals surface area contributed by atoms with Crippen LogP contribution >= 0.6 is 0 Å². The zero-order valence-electron chi connectivity index (χ0n) is 14.4. The maximum Gasteiger partial charge on any atom is 0.239 e. The summed E-state index contributed by atoms with van der Waals surface area (Å²) < 4.78 is 0. The molecule has 0 fully saturated rings. The molecule has 3 aromatic rings. The van der Waals surface area contributed by atoms with Crippen LogP contribution in [0, 0.1) is 0 Å². The Bertz CT molecular complexity index is 919. The molecule has 0 aromatic heterocycles. The molecule has 126 valence electrons. The third-order valence-electron chi connectivity index (χ3n) is 4.97. The van der Waals surface area contributed by atoms with Gasteiger partial charge in [-0.1, -0.05) is 54.6 Å². The van der Waals surface area contributed by atoms with Gasteiger partial charge in [0.15, 0.2) is 0 Å². The standard InChI is InChI=1S/C22H22N2O/c1-16(19-11-10-17-6-2-3-8-20(17)14-19)23-22(25)15-24-13-12-18-7-4-5-9-21(18)24/h2-11,14,16H,12-13,15H2,1H3,(H,23,25)/t16-/m1/s1. The number of hydrogen-bond donors (Lipinski definition) is 1. The van der Waals surface area contributed by atoms with Crippen LogP contribution in [0.3, 0.4) is 0 Å². The number of hydrogen-bond acceptors (Lipinski definition) is 2. The van der Waals surface area contributed by atoms with Crippen LogP contribution in [0.25, 0.3) is 10.8 Å². The first-order valence-corrected chi connectivity index (χ1v) is 8.81. The highest BCUT2D eigenvalue weighted by molar-refractivity contribution is 5.84. The summed E-state index contributed by atoms with van der Waals surface area (Å²) in [7, 11) is 0. The number of carbonyl (C=O) groups excluding carboxylic acids is 1. The average Bonchev–Trinajstić information content (AvgIpc) is 3.04. The first-order valence-electron chi connectivity index (χ1n) is 8.81. The predicted molar refractivity (Wildman–Crippen MR) is 103 cm³/mol. The van der Waals surface area contributed by atoms with Crippen LogP contribution in [0.15, 0.2) is 66.7 Å². The maximum absolute atomic E-state index is 12.5. The molecule has 4 rings (SSSR count). The fourth-order valence-corrected chi connectivity index (χ4v) is 3.59. The van der Waals surface area contributed by atoms with Crippen molar-refractivity contribution in [2.24, 2.45) is 0 Å². The highest BCUT2D eigenvalue weighted by Crippen LogP contribution is 2.27. The van der Waals surface area contributed by atoms with Gasteiger partial charge in [0.05, 0.1) is 12.6 Å². The summed E-state index contributed by atoms with van der Waals surface area (Å²) in [5.41, 5.74) is 3.66. The molecular weight excluding hydrogens is 308 g/mol. The molecule has 3 aromatic carbocycles. The first-order chi connectivity index (χ1) is 12.2. The predicted octanol–water partition coefficient (Wildman–Crippen LogP) is 4.08. The molecule has 1 aliphatic rings. The molecule has 1 heterocycles. The van der Waals surface area contributed by atoms with E-state index < -0.39 is 0 Å². The number of rotatable bonds is 4. The molecule has 0 radical (unpaired) electrons. The lowest BCUT2D eigenvalue weighted by Gasteiger charge is -2.21. The Morgan fingerprint density at radius 1 is 1.04 bits per heavy atom. The summed E-state index contributed by atoms with van der Waals surface area (Å²) in [6.07, 6.45) is 1.02. The monoisotopic (exact) mass is 330 g/mol. The lowest BCUT2D eigenvalue weighted by Crippen LogP contribution is -2.37. The Labute approximate surface area is 148 Å². The van der Waals surface area contributed by atoms with E-state index in [1.807, 2.05) is 25.1 Å². The highest BCUT2D eigenvalue weighted by Gasteiger charge is 2.21. The van der Waals surface area contributed by atoms with E-state index in [0.29, 0.717) is 6.54 Å². The fourth-order valence-electron chi connectivity index (χ4n) is 3.59. The van der Waals surface area contributed by atoms with Crippen LogP contribution in [-0.2, 0) is 11.2 Å². The third-order valence-corrected chi connectivity index (χ3v) is 4.97. The smallest absolute Gasteiger partial charge is 0.239 e. The number of amides is 1. The van der Waals surface area contributed by atoms with E-state index in [9.17, 15) is 4.79 Å². The molecule has 0 bridgehead atoms. The van der Waals surface area contributed by atoms with Crippen molar-refractivity contribution in [3.05, 3.63) is 77.9 Å². The summed E-state index contributed by atoms with van der Waals surface area (Å²) in [4.78, 5) is 14.7. The molecule has 3 heteroatoms. The highest BCUT2D eigenvalue weighted by atomic mass is 16.2. The van der Waals surface area contributed by atoms with Crippen molar-refractivity contribution in [2.75, 3.05) is 18.0 Å². The van der Waals surface area contributed by atoms with E-state index in [4.69, 9.17) is 0 Å². The number of para-hydroxylation sites is 1. The van der Waals surface area contributed by atoms with Crippen LogP contribution < -0.4 is 10.2 Å². The molecule has 0 spiro atoms. The molecule has 0 aliphatic carbocycles. The van der Waals surface area contributed by atoms with Gasteiger partial charge in [0.25, 0.3) is 0 Å². The zero-order valence-corrected chi connectivity index (χ0v) is 14.4. The van der Waals surface area contributed by atoms with E-state index in [1.54, 1.807) is 0 Å². The van der Waals surface area contributed by atoms with Crippen molar-refractivity contribution in [1.82, 2.24) is 5.32 Å². The number of anilines is 1. The van der Waals surface area contributed by atoms with Gasteiger partial charge in [-0.2, -0.15) is 0 Å². The van der Waals surface area contributed by atoms with E-state index in [0.717, 1.165) is 18.5 Å². The lowest BCUT2D eigenvalue weighted by atomic mass is 10.0. The molecular formula is C22H22N2O. The van der Waals surface area contributed by atoms with E-state index in [1.165, 1.54) is 22.0 Å². The topological polar surface area (TPSA) is 32.3 Å². The summed E-state index contributed by atoms with van der Waals surface area (Å²) in [6.45, 7) is 3.37. The Morgan fingerprint density at radius 3 is 2.68 bits per heavy atom. The molecule has 1 N–H and O–H groups in total. The molecule has 1 aliphatic heterocycles. The molecule has 0 saturated heterocycles. The van der Waals surface area contributed by atoms with Gasteiger partial charge in [-0.05, 0) is 47.4 Å². The zero-order chi connectivity index (χ0) is 17.2. The van der Waals surface area contributed by atoms with Gasteiger partial charge in [0.1, 0.15) is 0 Å². The van der Waals surface area contributed by atoms with Gasteiger partial charge >= 0.3 is 0 Å². The van der Waals surface area contributed by atoms with Gasteiger partial charge in [-0.3, -0.25) is 4.79 Å². The molecule has 25 heavy (non-hydrogen) atoms. The van der Waals surface area contributed by atoms with Crippen LogP contribution in [0.1, 0.15) is 24.1 Å². The number of benzene rings is 3. The van der Waals surface area contributed by atoms with Gasteiger partial charge in [0.2, 0.25) is 5.91 Å². The molecule has 1 atom stereocenters. The Balaban J connectivity index is 1.43. The second-order valence-corrected chi connectivity index (χ2v) is 6.70. The Kier molecular flexibility index (Phi) is 4.14. The lowest BCUT2D eigenvalue weighted by molar-refractivity contribution is -0.120. The summed E-state index contributed by atoms with van der Waals surface area (Å²) >= 11 is 0. The van der Waals surface area contributed by atoms with Crippen LogP contribution in [-0.4, -0.2) is 19.0 Å². The number of nitrogens with one attached hydrogen (secondary N) is 1. The normalized spacial score (nSPS) is 14.4. The second kappa shape index (κ2) is 6.60.